The van der Waals surface area contributed by atoms with Crippen molar-refractivity contribution >= 4 is 18.3 Å². The first kappa shape index (κ1) is 21.2. The topological polar surface area (TPSA) is 145 Å². The molecule has 152 valence electrons. The van der Waals surface area contributed by atoms with E-state index >= 15 is 0 Å². The number of likely N-dealkylation sites (N-methyl/N-ethyl adjacent to an activating group) is 1. The van der Waals surface area contributed by atoms with Gasteiger partial charge in [-0.15, -0.1) is 0 Å². The van der Waals surface area contributed by atoms with Crippen LogP contribution in [0.5, 0.6) is 5.75 Å². The van der Waals surface area contributed by atoms with E-state index in [2.05, 4.69) is 10.5 Å². The summed E-state index contributed by atoms with van der Waals surface area (Å²) < 4.78 is 10.4. The van der Waals surface area contributed by atoms with Gasteiger partial charge in [0, 0.05) is 24.2 Å². The number of methoxy groups -OCH3 is 1. The van der Waals surface area contributed by atoms with Crippen molar-refractivity contribution in [3.63, 3.8) is 0 Å². The van der Waals surface area contributed by atoms with Crippen molar-refractivity contribution in [2.75, 3.05) is 32.6 Å². The van der Waals surface area contributed by atoms with Crippen LogP contribution in [-0.2, 0) is 4.79 Å². The van der Waals surface area contributed by atoms with E-state index in [1.54, 1.807) is 31.4 Å². The van der Waals surface area contributed by atoms with Gasteiger partial charge in [-0.05, 0) is 37.7 Å². The Morgan fingerprint density at radius 1 is 1.43 bits per heavy atom. The molecule has 0 radical (unpaired) electrons. The molecule has 10 nitrogen and oxygen atoms in total. The number of aliphatic hydroxyl groups is 1. The van der Waals surface area contributed by atoms with Crippen LogP contribution in [0.15, 0.2) is 28.8 Å². The van der Waals surface area contributed by atoms with Gasteiger partial charge in [0.15, 0.2) is 17.1 Å². The average Bonchev–Trinajstić information content (AvgIpc) is 3.25. The van der Waals surface area contributed by atoms with Crippen molar-refractivity contribution in [2.24, 2.45) is 0 Å². The summed E-state index contributed by atoms with van der Waals surface area (Å²) in [7, 11) is 3.48. The molecule has 10 heteroatoms. The van der Waals surface area contributed by atoms with Crippen LogP contribution in [0.25, 0.3) is 11.3 Å². The molecule has 0 amide bonds. The lowest BCUT2D eigenvalue weighted by atomic mass is 10.1. The van der Waals surface area contributed by atoms with E-state index in [0.29, 0.717) is 24.3 Å². The molecule has 3 rings (SSSR count). The zero-order valence-electron chi connectivity index (χ0n) is 15.5. The molecule has 2 aromatic rings. The molecule has 1 aromatic carbocycles. The van der Waals surface area contributed by atoms with Crippen LogP contribution in [0.1, 0.15) is 16.8 Å². The van der Waals surface area contributed by atoms with E-state index in [1.807, 2.05) is 11.9 Å². The predicted octanol–water partition coefficient (Wildman–Crippen LogP) is 1.23. The SMILES string of the molecule is COc1ccc(-c2onc(N[C@@H]3C[C@@H](CO)N(C)C3)c2C(=O)O)cc1.O=CO. The summed E-state index contributed by atoms with van der Waals surface area (Å²) in [5, 5.41) is 32.9. The second-order valence-corrected chi connectivity index (χ2v) is 6.23. The Morgan fingerprint density at radius 3 is 2.57 bits per heavy atom. The quantitative estimate of drug-likeness (QED) is 0.529. The van der Waals surface area contributed by atoms with E-state index in [-0.39, 0.29) is 42.3 Å². The van der Waals surface area contributed by atoms with Gasteiger partial charge in [-0.1, -0.05) is 5.16 Å². The van der Waals surface area contributed by atoms with Gasteiger partial charge in [0.05, 0.1) is 13.7 Å². The number of ether oxygens (including phenoxy) is 1. The molecule has 0 saturated carbocycles. The number of carboxylic acids is 1. The van der Waals surface area contributed by atoms with E-state index in [1.165, 1.54) is 0 Å². The molecule has 0 bridgehead atoms. The molecule has 2 atom stereocenters. The number of rotatable bonds is 6. The van der Waals surface area contributed by atoms with Gasteiger partial charge in [0.2, 0.25) is 0 Å². The van der Waals surface area contributed by atoms with Crippen molar-refractivity contribution in [3.05, 3.63) is 29.8 Å². The summed E-state index contributed by atoms with van der Waals surface area (Å²) in [5.74, 6) is -0.0415. The molecule has 0 unspecified atom stereocenters. The van der Waals surface area contributed by atoms with E-state index in [9.17, 15) is 15.0 Å². The van der Waals surface area contributed by atoms with E-state index < -0.39 is 5.97 Å². The summed E-state index contributed by atoms with van der Waals surface area (Å²) >= 11 is 0. The van der Waals surface area contributed by atoms with Crippen molar-refractivity contribution in [3.8, 4) is 17.1 Å². The number of nitrogens with zero attached hydrogens (tertiary/aromatic N) is 2. The molecule has 0 spiro atoms. The molecular formula is C18H23N3O7. The molecule has 2 heterocycles. The molecule has 1 fully saturated rings. The van der Waals surface area contributed by atoms with E-state index in [0.717, 1.165) is 0 Å². The molecule has 28 heavy (non-hydrogen) atoms. The zero-order chi connectivity index (χ0) is 20.7. The highest BCUT2D eigenvalue weighted by molar-refractivity contribution is 5.99. The number of anilines is 1. The lowest BCUT2D eigenvalue weighted by molar-refractivity contribution is -0.122. The second-order valence-electron chi connectivity index (χ2n) is 6.23. The van der Waals surface area contributed by atoms with Gasteiger partial charge < -0.3 is 29.9 Å². The Kier molecular flexibility index (Phi) is 7.36. The Bertz CT molecular complexity index is 791. The number of likely N-dealkylation sites (tertiary alicyclic amines) is 1. The molecule has 1 aliphatic rings. The summed E-state index contributed by atoms with van der Waals surface area (Å²) in [6.07, 6.45) is 0.705. The van der Waals surface area contributed by atoms with Crippen molar-refractivity contribution in [1.82, 2.24) is 10.1 Å². The smallest absolute Gasteiger partial charge is 0.343 e. The fourth-order valence-electron chi connectivity index (χ4n) is 3.12. The summed E-state index contributed by atoms with van der Waals surface area (Å²) in [4.78, 5) is 22.1. The minimum Gasteiger partial charge on any atom is -0.497 e. The number of hydrogen-bond donors (Lipinski definition) is 4. The molecule has 0 aliphatic carbocycles. The van der Waals surface area contributed by atoms with Gasteiger partial charge in [-0.2, -0.15) is 0 Å². The maximum atomic E-state index is 11.7. The van der Waals surface area contributed by atoms with Gasteiger partial charge in [-0.25, -0.2) is 4.79 Å². The highest BCUT2D eigenvalue weighted by atomic mass is 16.5. The van der Waals surface area contributed by atoms with Crippen molar-refractivity contribution in [1.29, 1.82) is 0 Å². The fraction of sp³-hybridized carbons (Fsp3) is 0.389. The second kappa shape index (κ2) is 9.72. The standard InChI is InChI=1S/C17H21N3O5.CH2O2/c1-20-8-11(7-12(20)9-21)18-16-14(17(22)23)15(25-19-16)10-3-5-13(24-2)6-4-10;2-1-3/h3-6,11-12,21H,7-9H2,1-2H3,(H,18,19)(H,22,23);1H,(H,2,3)/t11-,12+;/m1./s1. The number of carboxylic acid groups (broad SMARTS) is 2. The van der Waals surface area contributed by atoms with Crippen LogP contribution in [0.2, 0.25) is 0 Å². The first-order valence-electron chi connectivity index (χ1n) is 8.48. The Balaban J connectivity index is 0.000000878. The fourth-order valence-corrected chi connectivity index (χ4v) is 3.12. The number of aromatic carboxylic acids is 1. The van der Waals surface area contributed by atoms with Gasteiger partial charge >= 0.3 is 5.97 Å². The van der Waals surface area contributed by atoms with Crippen LogP contribution in [0.3, 0.4) is 0 Å². The lowest BCUT2D eigenvalue weighted by Gasteiger charge is -2.15. The number of aromatic nitrogens is 1. The predicted molar refractivity (Wildman–Crippen MR) is 99.7 cm³/mol. The zero-order valence-corrected chi connectivity index (χ0v) is 15.5. The third-order valence-corrected chi connectivity index (χ3v) is 4.50. The monoisotopic (exact) mass is 393 g/mol. The molecule has 1 aromatic heterocycles. The lowest BCUT2D eigenvalue weighted by Crippen LogP contribution is -2.28. The van der Waals surface area contributed by atoms with Gasteiger partial charge in [0.25, 0.3) is 6.47 Å². The largest absolute Gasteiger partial charge is 0.497 e. The summed E-state index contributed by atoms with van der Waals surface area (Å²) in [6.45, 7) is 0.505. The highest BCUT2D eigenvalue weighted by Crippen LogP contribution is 2.31. The molecular weight excluding hydrogens is 370 g/mol. The number of carbonyl (C=O) groups is 2. The number of hydrogen-bond acceptors (Lipinski definition) is 8. The minimum absolute atomic E-state index is 0.000248. The molecule has 1 saturated heterocycles. The van der Waals surface area contributed by atoms with Crippen LogP contribution in [0.4, 0.5) is 5.82 Å². The van der Waals surface area contributed by atoms with Crippen LogP contribution in [0, 0.1) is 0 Å². The third kappa shape index (κ3) is 4.78. The van der Waals surface area contributed by atoms with Gasteiger partial charge in [-0.3, -0.25) is 9.69 Å². The molecule has 4 N–H and O–H groups in total. The molecule has 1 aliphatic heterocycles. The summed E-state index contributed by atoms with van der Waals surface area (Å²) in [5.41, 5.74) is 0.607. The number of benzene rings is 1. The van der Waals surface area contributed by atoms with Crippen LogP contribution >= 0.6 is 0 Å². The Hall–Kier alpha value is -3.11. The average molecular weight is 393 g/mol. The Labute approximate surface area is 161 Å². The van der Waals surface area contributed by atoms with Gasteiger partial charge in [0.1, 0.15) is 5.75 Å². The number of nitrogens with one attached hydrogen (secondary N) is 1. The Morgan fingerprint density at radius 2 is 2.07 bits per heavy atom. The summed E-state index contributed by atoms with van der Waals surface area (Å²) in [6, 6.07) is 6.96. The third-order valence-electron chi connectivity index (χ3n) is 4.50. The van der Waals surface area contributed by atoms with Crippen LogP contribution < -0.4 is 10.1 Å². The number of aliphatic hydroxyl groups excluding tert-OH is 1. The maximum Gasteiger partial charge on any atom is 0.343 e. The normalized spacial score (nSPS) is 18.8. The first-order valence-corrected chi connectivity index (χ1v) is 8.48. The first-order chi connectivity index (χ1) is 13.4. The maximum absolute atomic E-state index is 11.7. The highest BCUT2D eigenvalue weighted by Gasteiger charge is 2.32. The van der Waals surface area contributed by atoms with Crippen molar-refractivity contribution < 1.29 is 34.2 Å². The van der Waals surface area contributed by atoms with Crippen LogP contribution in [-0.4, -0.2) is 77.2 Å². The van der Waals surface area contributed by atoms with E-state index in [4.69, 9.17) is 19.2 Å². The van der Waals surface area contributed by atoms with Crippen molar-refractivity contribution in [2.45, 2.75) is 18.5 Å². The minimum atomic E-state index is -1.11.